The summed E-state index contributed by atoms with van der Waals surface area (Å²) < 4.78 is 10.7. The average Bonchev–Trinajstić information content (AvgIpc) is 2.38. The molecule has 0 fully saturated rings. The molecule has 0 aliphatic rings. The minimum absolute atomic E-state index is 0.0610. The fourth-order valence-electron chi connectivity index (χ4n) is 1.58. The van der Waals surface area contributed by atoms with Gasteiger partial charge in [0.15, 0.2) is 0 Å². The molecule has 0 bridgehead atoms. The van der Waals surface area contributed by atoms with Gasteiger partial charge in [0.25, 0.3) is 0 Å². The molecular formula is C13H21NO2S. The number of benzene rings is 1. The number of ether oxygens (including phenoxy) is 2. The fraction of sp³-hybridized carbons (Fsp3) is 0.538. The Balaban J connectivity index is 2.90. The molecular weight excluding hydrogens is 234 g/mol. The Labute approximate surface area is 108 Å². The molecule has 0 saturated heterocycles. The third-order valence-electron chi connectivity index (χ3n) is 2.52. The molecule has 0 aliphatic heterocycles. The summed E-state index contributed by atoms with van der Waals surface area (Å²) in [4.78, 5) is 1.17. The summed E-state index contributed by atoms with van der Waals surface area (Å²) in [6, 6.07) is 6.15. The van der Waals surface area contributed by atoms with Crippen LogP contribution in [0.1, 0.15) is 25.0 Å². The van der Waals surface area contributed by atoms with Gasteiger partial charge in [0.1, 0.15) is 5.75 Å². The number of hydrogen-bond acceptors (Lipinski definition) is 4. The summed E-state index contributed by atoms with van der Waals surface area (Å²) in [5, 5.41) is 0. The maximum absolute atomic E-state index is 5.65. The average molecular weight is 255 g/mol. The Hall–Kier alpha value is -0.710. The molecule has 1 rings (SSSR count). The van der Waals surface area contributed by atoms with Gasteiger partial charge in [-0.15, -0.1) is 11.8 Å². The molecule has 1 atom stereocenters. The van der Waals surface area contributed by atoms with Crippen LogP contribution in [0.25, 0.3) is 0 Å². The van der Waals surface area contributed by atoms with Crippen LogP contribution in [0.3, 0.4) is 0 Å². The van der Waals surface area contributed by atoms with Crippen molar-refractivity contribution in [3.05, 3.63) is 23.8 Å². The van der Waals surface area contributed by atoms with Gasteiger partial charge in [0.05, 0.1) is 13.2 Å². The maximum Gasteiger partial charge on any atom is 0.132 e. The van der Waals surface area contributed by atoms with E-state index >= 15 is 0 Å². The maximum atomic E-state index is 5.65. The quantitative estimate of drug-likeness (QED) is 0.761. The SMILES string of the molecule is CCCSc1ccc(C(CN)OC)cc1OC. The minimum atomic E-state index is -0.0610. The smallest absolute Gasteiger partial charge is 0.132 e. The van der Waals surface area contributed by atoms with Gasteiger partial charge in [-0.2, -0.15) is 0 Å². The lowest BCUT2D eigenvalue weighted by Gasteiger charge is -2.16. The van der Waals surface area contributed by atoms with Gasteiger partial charge >= 0.3 is 0 Å². The van der Waals surface area contributed by atoms with Crippen molar-refractivity contribution in [2.24, 2.45) is 5.73 Å². The zero-order valence-corrected chi connectivity index (χ0v) is 11.5. The van der Waals surface area contributed by atoms with Crippen molar-refractivity contribution in [3.8, 4) is 5.75 Å². The first-order valence-corrected chi connectivity index (χ1v) is 6.79. The van der Waals surface area contributed by atoms with E-state index in [9.17, 15) is 0 Å². The van der Waals surface area contributed by atoms with Crippen molar-refractivity contribution in [1.82, 2.24) is 0 Å². The van der Waals surface area contributed by atoms with Crippen LogP contribution in [0.15, 0.2) is 23.1 Å². The molecule has 1 unspecified atom stereocenters. The zero-order valence-electron chi connectivity index (χ0n) is 10.7. The first kappa shape index (κ1) is 14.4. The van der Waals surface area contributed by atoms with E-state index in [0.29, 0.717) is 6.54 Å². The molecule has 3 nitrogen and oxygen atoms in total. The lowest BCUT2D eigenvalue weighted by atomic mass is 10.1. The second kappa shape index (κ2) is 7.58. The summed E-state index contributed by atoms with van der Waals surface area (Å²) in [6.07, 6.45) is 1.09. The van der Waals surface area contributed by atoms with E-state index in [-0.39, 0.29) is 6.10 Å². The van der Waals surface area contributed by atoms with E-state index in [2.05, 4.69) is 19.1 Å². The Morgan fingerprint density at radius 3 is 2.65 bits per heavy atom. The molecule has 4 heteroatoms. The van der Waals surface area contributed by atoms with E-state index in [1.54, 1.807) is 14.2 Å². The molecule has 0 radical (unpaired) electrons. The van der Waals surface area contributed by atoms with E-state index in [4.69, 9.17) is 15.2 Å². The molecule has 1 aromatic rings. The topological polar surface area (TPSA) is 44.5 Å². The van der Waals surface area contributed by atoms with Gasteiger partial charge in [0, 0.05) is 18.6 Å². The van der Waals surface area contributed by atoms with Crippen LogP contribution in [0.5, 0.6) is 5.75 Å². The largest absolute Gasteiger partial charge is 0.496 e. The number of nitrogens with two attached hydrogens (primary N) is 1. The fourth-order valence-corrected chi connectivity index (χ4v) is 2.46. The number of rotatable bonds is 7. The van der Waals surface area contributed by atoms with Crippen LogP contribution in [-0.4, -0.2) is 26.5 Å². The van der Waals surface area contributed by atoms with Crippen LogP contribution in [0, 0.1) is 0 Å². The minimum Gasteiger partial charge on any atom is -0.496 e. The van der Waals surface area contributed by atoms with E-state index < -0.39 is 0 Å². The lowest BCUT2D eigenvalue weighted by Crippen LogP contribution is -2.14. The molecule has 0 amide bonds. The summed E-state index contributed by atoms with van der Waals surface area (Å²) in [5.41, 5.74) is 6.72. The second-order valence-electron chi connectivity index (χ2n) is 3.72. The van der Waals surface area contributed by atoms with Gasteiger partial charge in [-0.05, 0) is 29.9 Å². The third kappa shape index (κ3) is 3.91. The van der Waals surface area contributed by atoms with Gasteiger partial charge in [0.2, 0.25) is 0 Å². The molecule has 96 valence electrons. The number of thioether (sulfide) groups is 1. The van der Waals surface area contributed by atoms with Crippen LogP contribution >= 0.6 is 11.8 Å². The molecule has 0 spiro atoms. The second-order valence-corrected chi connectivity index (χ2v) is 4.86. The van der Waals surface area contributed by atoms with Crippen molar-refractivity contribution in [2.75, 3.05) is 26.5 Å². The highest BCUT2D eigenvalue weighted by Crippen LogP contribution is 2.32. The number of methoxy groups -OCH3 is 2. The van der Waals surface area contributed by atoms with Crippen molar-refractivity contribution < 1.29 is 9.47 Å². The molecule has 1 aromatic carbocycles. The van der Waals surface area contributed by atoms with E-state index in [0.717, 1.165) is 23.5 Å². The van der Waals surface area contributed by atoms with Crippen LogP contribution in [0.4, 0.5) is 0 Å². The van der Waals surface area contributed by atoms with Crippen LogP contribution < -0.4 is 10.5 Å². The van der Waals surface area contributed by atoms with Crippen molar-refractivity contribution in [1.29, 1.82) is 0 Å². The summed E-state index contributed by atoms with van der Waals surface area (Å²) in [5.74, 6) is 2.00. The van der Waals surface area contributed by atoms with Crippen LogP contribution in [-0.2, 0) is 4.74 Å². The van der Waals surface area contributed by atoms with Gasteiger partial charge in [-0.1, -0.05) is 13.0 Å². The molecule has 2 N–H and O–H groups in total. The Morgan fingerprint density at radius 2 is 2.12 bits per heavy atom. The van der Waals surface area contributed by atoms with Crippen molar-refractivity contribution in [2.45, 2.75) is 24.3 Å². The summed E-state index contributed by atoms with van der Waals surface area (Å²) >= 11 is 1.81. The Bertz CT molecular complexity index is 340. The zero-order chi connectivity index (χ0) is 12.7. The molecule has 0 heterocycles. The normalized spacial score (nSPS) is 12.5. The molecule has 0 saturated carbocycles. The lowest BCUT2D eigenvalue weighted by molar-refractivity contribution is 0.110. The monoisotopic (exact) mass is 255 g/mol. The summed E-state index contributed by atoms with van der Waals surface area (Å²) in [6.45, 7) is 2.64. The highest BCUT2D eigenvalue weighted by molar-refractivity contribution is 7.99. The molecule has 0 aliphatic carbocycles. The van der Waals surface area contributed by atoms with Gasteiger partial charge in [-0.25, -0.2) is 0 Å². The highest BCUT2D eigenvalue weighted by Gasteiger charge is 2.11. The first-order chi connectivity index (χ1) is 8.26. The molecule has 0 aromatic heterocycles. The predicted molar refractivity (Wildman–Crippen MR) is 72.8 cm³/mol. The van der Waals surface area contributed by atoms with Gasteiger partial charge in [-0.3, -0.25) is 0 Å². The first-order valence-electron chi connectivity index (χ1n) is 5.80. The number of hydrogen-bond donors (Lipinski definition) is 1. The standard InChI is InChI=1S/C13H21NO2S/c1-4-7-17-13-6-5-10(8-11(13)15-2)12(9-14)16-3/h5-6,8,12H,4,7,9,14H2,1-3H3. The Morgan fingerprint density at radius 1 is 1.35 bits per heavy atom. The van der Waals surface area contributed by atoms with E-state index in [1.807, 2.05) is 17.8 Å². The summed E-state index contributed by atoms with van der Waals surface area (Å²) in [7, 11) is 3.36. The third-order valence-corrected chi connectivity index (χ3v) is 3.78. The predicted octanol–water partition coefficient (Wildman–Crippen LogP) is 2.84. The Kier molecular flexibility index (Phi) is 6.40. The van der Waals surface area contributed by atoms with Crippen molar-refractivity contribution in [3.63, 3.8) is 0 Å². The highest BCUT2D eigenvalue weighted by atomic mass is 32.2. The van der Waals surface area contributed by atoms with Gasteiger partial charge < -0.3 is 15.2 Å². The molecule has 17 heavy (non-hydrogen) atoms. The van der Waals surface area contributed by atoms with Crippen LogP contribution in [0.2, 0.25) is 0 Å². The van der Waals surface area contributed by atoms with Crippen molar-refractivity contribution >= 4 is 11.8 Å². The van der Waals surface area contributed by atoms with E-state index in [1.165, 1.54) is 4.90 Å².